The van der Waals surface area contributed by atoms with Gasteiger partial charge >= 0.3 is 0 Å². The third-order valence-corrected chi connectivity index (χ3v) is 5.90. The van der Waals surface area contributed by atoms with Crippen molar-refractivity contribution in [3.8, 4) is 0 Å². The zero-order chi connectivity index (χ0) is 20.6. The Kier molecular flexibility index (Phi) is 7.52. The highest BCUT2D eigenvalue weighted by molar-refractivity contribution is 7.14. The summed E-state index contributed by atoms with van der Waals surface area (Å²) >= 11 is 1.80. The number of hydrogen-bond acceptors (Lipinski definition) is 4. The molecule has 1 aliphatic heterocycles. The summed E-state index contributed by atoms with van der Waals surface area (Å²) in [6, 6.07) is 12.2. The van der Waals surface area contributed by atoms with Gasteiger partial charge in [0.1, 0.15) is 0 Å². The van der Waals surface area contributed by atoms with Crippen LogP contribution in [-0.4, -0.2) is 75.0 Å². The summed E-state index contributed by atoms with van der Waals surface area (Å²) in [5, 5.41) is 6.91. The van der Waals surface area contributed by atoms with Gasteiger partial charge in [-0.05, 0) is 48.6 Å². The van der Waals surface area contributed by atoms with E-state index in [1.807, 2.05) is 18.2 Å². The van der Waals surface area contributed by atoms with E-state index < -0.39 is 0 Å². The van der Waals surface area contributed by atoms with Gasteiger partial charge in [0.2, 0.25) is 0 Å². The zero-order valence-electron chi connectivity index (χ0n) is 17.6. The minimum atomic E-state index is 0.0345. The summed E-state index contributed by atoms with van der Waals surface area (Å²) in [4.78, 5) is 23.4. The number of guanidine groups is 1. The first-order valence-electron chi connectivity index (χ1n) is 10.2. The summed E-state index contributed by atoms with van der Waals surface area (Å²) in [7, 11) is 3.56. The van der Waals surface area contributed by atoms with Crippen molar-refractivity contribution in [2.45, 2.75) is 13.3 Å². The van der Waals surface area contributed by atoms with Crippen molar-refractivity contribution >= 4 is 28.2 Å². The standard InChI is InChI=1S/C22H31N5OS/c1-4-23-22(27-14-12-26(13-15-27)20-9-6-16-29-20)24-11-10-18-7-5-8-19(17-18)21(28)25(2)3/h5-9,16-17H,4,10-15H2,1-3H3,(H,23,24). The first-order chi connectivity index (χ1) is 14.1. The van der Waals surface area contributed by atoms with Gasteiger partial charge in [0.15, 0.2) is 5.96 Å². The zero-order valence-corrected chi connectivity index (χ0v) is 18.4. The van der Waals surface area contributed by atoms with Crippen LogP contribution in [0.3, 0.4) is 0 Å². The molecule has 3 rings (SSSR count). The highest BCUT2D eigenvalue weighted by Gasteiger charge is 2.20. The van der Waals surface area contributed by atoms with Crippen LogP contribution in [0.2, 0.25) is 0 Å². The Morgan fingerprint density at radius 3 is 2.62 bits per heavy atom. The maximum absolute atomic E-state index is 12.2. The molecule has 1 aromatic carbocycles. The monoisotopic (exact) mass is 413 g/mol. The lowest BCUT2D eigenvalue weighted by Gasteiger charge is -2.37. The van der Waals surface area contributed by atoms with Crippen LogP contribution in [0, 0.1) is 0 Å². The number of benzene rings is 1. The fourth-order valence-corrected chi connectivity index (χ4v) is 4.21. The molecule has 1 aliphatic rings. The Labute approximate surface area is 177 Å². The van der Waals surface area contributed by atoms with E-state index in [4.69, 9.17) is 4.99 Å². The number of carbonyl (C=O) groups excluding carboxylic acids is 1. The molecule has 2 heterocycles. The molecule has 29 heavy (non-hydrogen) atoms. The van der Waals surface area contributed by atoms with E-state index in [2.05, 4.69) is 45.6 Å². The molecule has 6 nitrogen and oxygen atoms in total. The molecule has 0 atom stereocenters. The fraction of sp³-hybridized carbons (Fsp3) is 0.455. The molecule has 0 aliphatic carbocycles. The largest absolute Gasteiger partial charge is 0.360 e. The van der Waals surface area contributed by atoms with Crippen molar-refractivity contribution in [3.63, 3.8) is 0 Å². The maximum Gasteiger partial charge on any atom is 0.253 e. The predicted octanol–water partition coefficient (Wildman–Crippen LogP) is 2.78. The van der Waals surface area contributed by atoms with Gasteiger partial charge in [-0.15, -0.1) is 11.3 Å². The Morgan fingerprint density at radius 2 is 1.97 bits per heavy atom. The lowest BCUT2D eigenvalue weighted by Crippen LogP contribution is -2.52. The van der Waals surface area contributed by atoms with Crippen LogP contribution < -0.4 is 10.2 Å². The van der Waals surface area contributed by atoms with E-state index in [-0.39, 0.29) is 5.91 Å². The lowest BCUT2D eigenvalue weighted by atomic mass is 10.1. The van der Waals surface area contributed by atoms with E-state index in [0.717, 1.165) is 56.2 Å². The Morgan fingerprint density at radius 1 is 1.17 bits per heavy atom. The van der Waals surface area contributed by atoms with Crippen LogP contribution in [0.5, 0.6) is 0 Å². The molecule has 0 unspecified atom stereocenters. The van der Waals surface area contributed by atoms with E-state index >= 15 is 0 Å². The number of hydrogen-bond donors (Lipinski definition) is 1. The highest BCUT2D eigenvalue weighted by atomic mass is 32.1. The Bertz CT molecular complexity index is 810. The molecule has 1 saturated heterocycles. The number of amides is 1. The minimum Gasteiger partial charge on any atom is -0.360 e. The average molecular weight is 414 g/mol. The second-order valence-corrected chi connectivity index (χ2v) is 8.24. The van der Waals surface area contributed by atoms with Crippen LogP contribution >= 0.6 is 11.3 Å². The quantitative estimate of drug-likeness (QED) is 0.584. The molecule has 0 radical (unpaired) electrons. The number of nitrogens with one attached hydrogen (secondary N) is 1. The first kappa shape index (κ1) is 21.2. The van der Waals surface area contributed by atoms with Gasteiger partial charge < -0.3 is 20.0 Å². The third kappa shape index (κ3) is 5.73. The SMILES string of the molecule is CCNC(=NCCc1cccc(C(=O)N(C)C)c1)N1CCN(c2cccs2)CC1. The van der Waals surface area contributed by atoms with Crippen molar-refractivity contribution in [1.29, 1.82) is 0 Å². The lowest BCUT2D eigenvalue weighted by molar-refractivity contribution is 0.0827. The molecule has 1 N–H and O–H groups in total. The van der Waals surface area contributed by atoms with Gasteiger partial charge in [-0.2, -0.15) is 0 Å². The molecule has 7 heteroatoms. The van der Waals surface area contributed by atoms with Crippen molar-refractivity contribution in [2.24, 2.45) is 4.99 Å². The van der Waals surface area contributed by atoms with Crippen LogP contribution in [0.4, 0.5) is 5.00 Å². The highest BCUT2D eigenvalue weighted by Crippen LogP contribution is 2.22. The van der Waals surface area contributed by atoms with Crippen molar-refractivity contribution < 1.29 is 4.79 Å². The Hall–Kier alpha value is -2.54. The normalized spacial score (nSPS) is 14.8. The molecule has 0 saturated carbocycles. The smallest absolute Gasteiger partial charge is 0.253 e. The second kappa shape index (κ2) is 10.3. The molecule has 1 fully saturated rings. The summed E-state index contributed by atoms with van der Waals surface area (Å²) < 4.78 is 0. The van der Waals surface area contributed by atoms with Crippen molar-refractivity contribution in [3.05, 3.63) is 52.9 Å². The van der Waals surface area contributed by atoms with E-state index in [1.54, 1.807) is 30.3 Å². The van der Waals surface area contributed by atoms with Gasteiger partial charge in [0, 0.05) is 58.9 Å². The minimum absolute atomic E-state index is 0.0345. The number of anilines is 1. The van der Waals surface area contributed by atoms with E-state index in [9.17, 15) is 4.79 Å². The topological polar surface area (TPSA) is 51.2 Å². The maximum atomic E-state index is 12.2. The van der Waals surface area contributed by atoms with Crippen molar-refractivity contribution in [1.82, 2.24) is 15.1 Å². The molecule has 0 spiro atoms. The van der Waals surface area contributed by atoms with Gasteiger partial charge in [-0.3, -0.25) is 9.79 Å². The predicted molar refractivity (Wildman–Crippen MR) is 122 cm³/mol. The summed E-state index contributed by atoms with van der Waals surface area (Å²) in [5.74, 6) is 1.02. The van der Waals surface area contributed by atoms with Crippen molar-refractivity contribution in [2.75, 3.05) is 58.3 Å². The number of rotatable bonds is 6. The summed E-state index contributed by atoms with van der Waals surface area (Å²) in [6.07, 6.45) is 0.818. The van der Waals surface area contributed by atoms with E-state index in [0.29, 0.717) is 6.54 Å². The first-order valence-corrected chi connectivity index (χ1v) is 11.1. The van der Waals surface area contributed by atoms with Crippen LogP contribution in [0.15, 0.2) is 46.8 Å². The van der Waals surface area contributed by atoms with E-state index in [1.165, 1.54) is 5.00 Å². The Balaban J connectivity index is 1.57. The van der Waals surface area contributed by atoms with Gasteiger partial charge in [-0.1, -0.05) is 12.1 Å². The van der Waals surface area contributed by atoms with Crippen LogP contribution in [0.25, 0.3) is 0 Å². The van der Waals surface area contributed by atoms with Crippen LogP contribution in [-0.2, 0) is 6.42 Å². The third-order valence-electron chi connectivity index (χ3n) is 4.97. The molecule has 1 aromatic heterocycles. The molecule has 156 valence electrons. The second-order valence-electron chi connectivity index (χ2n) is 7.31. The fourth-order valence-electron chi connectivity index (χ4n) is 3.42. The number of piperazine rings is 1. The molecular weight excluding hydrogens is 382 g/mol. The number of thiophene rings is 1. The van der Waals surface area contributed by atoms with Gasteiger partial charge in [-0.25, -0.2) is 0 Å². The molecule has 1 amide bonds. The van der Waals surface area contributed by atoms with Crippen LogP contribution in [0.1, 0.15) is 22.8 Å². The molecule has 2 aromatic rings. The average Bonchev–Trinajstić information content (AvgIpc) is 3.28. The molecular formula is C22H31N5OS. The summed E-state index contributed by atoms with van der Waals surface area (Å²) in [5.41, 5.74) is 1.87. The number of carbonyl (C=O) groups is 1. The summed E-state index contributed by atoms with van der Waals surface area (Å²) in [6.45, 7) is 7.63. The number of nitrogens with zero attached hydrogens (tertiary/aromatic N) is 4. The molecule has 0 bridgehead atoms. The number of aliphatic imine (C=N–C) groups is 1. The van der Waals surface area contributed by atoms with Gasteiger partial charge in [0.25, 0.3) is 5.91 Å². The van der Waals surface area contributed by atoms with Gasteiger partial charge in [0.05, 0.1) is 5.00 Å².